The summed E-state index contributed by atoms with van der Waals surface area (Å²) < 4.78 is 1.56. The van der Waals surface area contributed by atoms with Gasteiger partial charge in [-0.25, -0.2) is 9.78 Å². The number of rotatable bonds is 1. The zero-order valence-electron chi connectivity index (χ0n) is 7.02. The Hall–Kier alpha value is -1.43. The van der Waals surface area contributed by atoms with E-state index in [4.69, 9.17) is 5.73 Å². The van der Waals surface area contributed by atoms with E-state index in [0.717, 1.165) is 4.83 Å². The molecule has 0 unspecified atom stereocenters. The van der Waals surface area contributed by atoms with Crippen molar-refractivity contribution >= 4 is 27.5 Å². The SMILES string of the molecule is CCn1c(=O)nc(N)c2ncsc21. The van der Waals surface area contributed by atoms with Crippen LogP contribution in [0.5, 0.6) is 0 Å². The van der Waals surface area contributed by atoms with Gasteiger partial charge in [0.05, 0.1) is 5.51 Å². The van der Waals surface area contributed by atoms with Gasteiger partial charge in [-0.3, -0.25) is 4.57 Å². The van der Waals surface area contributed by atoms with Crippen molar-refractivity contribution in [2.75, 3.05) is 5.73 Å². The van der Waals surface area contributed by atoms with Crippen LogP contribution < -0.4 is 11.4 Å². The number of nitrogens with two attached hydrogens (primary N) is 1. The topological polar surface area (TPSA) is 73.8 Å². The van der Waals surface area contributed by atoms with Gasteiger partial charge in [-0.1, -0.05) is 0 Å². The third kappa shape index (κ3) is 1.10. The maximum atomic E-state index is 11.3. The Morgan fingerprint density at radius 2 is 2.46 bits per heavy atom. The number of hydrogen-bond acceptors (Lipinski definition) is 5. The average molecular weight is 196 g/mol. The van der Waals surface area contributed by atoms with E-state index in [-0.39, 0.29) is 11.5 Å². The number of aryl methyl sites for hydroxylation is 1. The molecular formula is C7H8N4OS. The van der Waals surface area contributed by atoms with Crippen LogP contribution >= 0.6 is 11.3 Å². The number of anilines is 1. The number of thiazole rings is 1. The van der Waals surface area contributed by atoms with Crippen LogP contribution in [0, 0.1) is 0 Å². The molecule has 0 amide bonds. The number of nitrogens with zero attached hydrogens (tertiary/aromatic N) is 3. The quantitative estimate of drug-likeness (QED) is 0.718. The first-order valence-electron chi connectivity index (χ1n) is 3.83. The van der Waals surface area contributed by atoms with Crippen molar-refractivity contribution in [3.8, 4) is 0 Å². The van der Waals surface area contributed by atoms with Crippen LogP contribution in [0.15, 0.2) is 10.3 Å². The predicted molar refractivity (Wildman–Crippen MR) is 51.8 cm³/mol. The number of nitrogen functional groups attached to an aromatic ring is 1. The zero-order chi connectivity index (χ0) is 9.42. The highest BCUT2D eigenvalue weighted by Gasteiger charge is 2.08. The minimum atomic E-state index is -0.309. The van der Waals surface area contributed by atoms with Crippen molar-refractivity contribution in [1.82, 2.24) is 14.5 Å². The molecule has 0 bridgehead atoms. The maximum Gasteiger partial charge on any atom is 0.350 e. The second-order valence-corrected chi connectivity index (χ2v) is 3.36. The van der Waals surface area contributed by atoms with E-state index in [0.29, 0.717) is 12.1 Å². The van der Waals surface area contributed by atoms with E-state index in [2.05, 4.69) is 9.97 Å². The lowest BCUT2D eigenvalue weighted by Gasteiger charge is -2.02. The van der Waals surface area contributed by atoms with E-state index in [1.165, 1.54) is 11.3 Å². The fraction of sp³-hybridized carbons (Fsp3) is 0.286. The van der Waals surface area contributed by atoms with E-state index in [9.17, 15) is 4.79 Å². The van der Waals surface area contributed by atoms with Gasteiger partial charge in [-0.05, 0) is 6.92 Å². The summed E-state index contributed by atoms with van der Waals surface area (Å²) >= 11 is 1.40. The van der Waals surface area contributed by atoms with Crippen molar-refractivity contribution in [2.45, 2.75) is 13.5 Å². The molecule has 2 aromatic heterocycles. The molecule has 6 heteroatoms. The van der Waals surface area contributed by atoms with Gasteiger partial charge in [0.25, 0.3) is 0 Å². The summed E-state index contributed by atoms with van der Waals surface area (Å²) in [5.74, 6) is 0.214. The predicted octanol–water partition coefficient (Wildman–Crippen LogP) is 0.455. The molecule has 0 atom stereocenters. The van der Waals surface area contributed by atoms with Crippen molar-refractivity contribution in [2.24, 2.45) is 0 Å². The van der Waals surface area contributed by atoms with E-state index < -0.39 is 0 Å². The fourth-order valence-corrected chi connectivity index (χ4v) is 2.05. The molecule has 13 heavy (non-hydrogen) atoms. The van der Waals surface area contributed by atoms with Gasteiger partial charge in [0.2, 0.25) is 0 Å². The molecule has 0 saturated carbocycles. The maximum absolute atomic E-state index is 11.3. The summed E-state index contributed by atoms with van der Waals surface area (Å²) in [5, 5.41) is 0. The Balaban J connectivity index is 2.97. The first kappa shape index (κ1) is 8.18. The third-order valence-corrected chi connectivity index (χ3v) is 2.65. The number of fused-ring (bicyclic) bond motifs is 1. The van der Waals surface area contributed by atoms with Gasteiger partial charge in [-0.2, -0.15) is 4.98 Å². The summed E-state index contributed by atoms with van der Waals surface area (Å²) in [6.07, 6.45) is 0. The van der Waals surface area contributed by atoms with Gasteiger partial charge < -0.3 is 5.73 Å². The molecule has 0 spiro atoms. The Kier molecular flexibility index (Phi) is 1.77. The summed E-state index contributed by atoms with van der Waals surface area (Å²) in [7, 11) is 0. The molecule has 2 N–H and O–H groups in total. The monoisotopic (exact) mass is 196 g/mol. The number of aromatic nitrogens is 3. The first-order chi connectivity index (χ1) is 6.24. The molecule has 2 heterocycles. The van der Waals surface area contributed by atoms with Gasteiger partial charge in [-0.15, -0.1) is 11.3 Å². The van der Waals surface area contributed by atoms with Gasteiger partial charge in [0.1, 0.15) is 10.3 Å². The number of hydrogen-bond donors (Lipinski definition) is 1. The molecule has 2 rings (SSSR count). The van der Waals surface area contributed by atoms with E-state index in [1.807, 2.05) is 6.92 Å². The molecule has 0 fully saturated rings. The van der Waals surface area contributed by atoms with Crippen LogP contribution in [0.3, 0.4) is 0 Å². The van der Waals surface area contributed by atoms with Crippen LogP contribution in [0.4, 0.5) is 5.82 Å². The van der Waals surface area contributed by atoms with E-state index >= 15 is 0 Å². The zero-order valence-corrected chi connectivity index (χ0v) is 7.84. The smallest absolute Gasteiger partial charge is 0.350 e. The normalized spacial score (nSPS) is 10.8. The summed E-state index contributed by atoms with van der Waals surface area (Å²) in [6.45, 7) is 2.48. The molecule has 5 nitrogen and oxygen atoms in total. The minimum Gasteiger partial charge on any atom is -0.382 e. The van der Waals surface area contributed by atoms with Crippen LogP contribution in [0.2, 0.25) is 0 Å². The minimum absolute atomic E-state index is 0.214. The van der Waals surface area contributed by atoms with Gasteiger partial charge in [0, 0.05) is 6.54 Å². The summed E-state index contributed by atoms with van der Waals surface area (Å²) in [4.78, 5) is 19.8. The van der Waals surface area contributed by atoms with Crippen molar-refractivity contribution in [1.29, 1.82) is 0 Å². The molecule has 0 aromatic carbocycles. The second-order valence-electron chi connectivity index (χ2n) is 2.53. The largest absolute Gasteiger partial charge is 0.382 e. The Morgan fingerprint density at radius 1 is 1.69 bits per heavy atom. The van der Waals surface area contributed by atoms with Crippen LogP contribution in [-0.2, 0) is 6.54 Å². The highest BCUT2D eigenvalue weighted by atomic mass is 32.1. The van der Waals surface area contributed by atoms with Gasteiger partial charge in [0.15, 0.2) is 5.82 Å². The Morgan fingerprint density at radius 3 is 3.15 bits per heavy atom. The van der Waals surface area contributed by atoms with Crippen molar-refractivity contribution < 1.29 is 0 Å². The third-order valence-electron chi connectivity index (χ3n) is 1.80. The highest BCUT2D eigenvalue weighted by molar-refractivity contribution is 7.16. The summed E-state index contributed by atoms with van der Waals surface area (Å²) in [5.41, 5.74) is 7.51. The molecule has 0 aliphatic carbocycles. The Bertz CT molecular complexity index is 501. The van der Waals surface area contributed by atoms with E-state index in [1.54, 1.807) is 10.1 Å². The summed E-state index contributed by atoms with van der Waals surface area (Å²) in [6, 6.07) is 0. The van der Waals surface area contributed by atoms with Crippen LogP contribution in [0.25, 0.3) is 10.3 Å². The standard InChI is InChI=1S/C7H8N4OS/c1-2-11-6-4(9-3-13-6)5(8)10-7(11)12/h3H,2H2,1H3,(H2,8,10,12). The molecule has 68 valence electrons. The lowest BCUT2D eigenvalue weighted by Crippen LogP contribution is -2.23. The molecule has 0 saturated heterocycles. The molecule has 2 aromatic rings. The molecule has 0 aliphatic heterocycles. The first-order valence-corrected chi connectivity index (χ1v) is 4.71. The van der Waals surface area contributed by atoms with Crippen molar-refractivity contribution in [3.63, 3.8) is 0 Å². The van der Waals surface area contributed by atoms with Gasteiger partial charge >= 0.3 is 5.69 Å². The highest BCUT2D eigenvalue weighted by Crippen LogP contribution is 2.18. The fourth-order valence-electron chi connectivity index (χ4n) is 1.19. The Labute approximate surface area is 77.9 Å². The molecular weight excluding hydrogens is 188 g/mol. The van der Waals surface area contributed by atoms with Crippen LogP contribution in [-0.4, -0.2) is 14.5 Å². The van der Waals surface area contributed by atoms with Crippen LogP contribution in [0.1, 0.15) is 6.92 Å². The molecule has 0 aliphatic rings. The lowest BCUT2D eigenvalue weighted by atomic mass is 10.5. The average Bonchev–Trinajstić information content (AvgIpc) is 2.53. The molecule has 0 radical (unpaired) electrons. The second kappa shape index (κ2) is 2.81. The lowest BCUT2D eigenvalue weighted by molar-refractivity contribution is 0.738. The van der Waals surface area contributed by atoms with Crippen molar-refractivity contribution in [3.05, 3.63) is 16.0 Å².